The molecule has 32 heavy (non-hydrogen) atoms. The molecule has 0 bridgehead atoms. The van der Waals surface area contributed by atoms with E-state index >= 15 is 0 Å². The summed E-state index contributed by atoms with van der Waals surface area (Å²) in [5, 5.41) is 8.31. The van der Waals surface area contributed by atoms with Gasteiger partial charge in [-0.15, -0.1) is 5.10 Å². The van der Waals surface area contributed by atoms with Gasteiger partial charge in [0.1, 0.15) is 5.52 Å². The van der Waals surface area contributed by atoms with Gasteiger partial charge in [0.15, 0.2) is 6.10 Å². The van der Waals surface area contributed by atoms with Crippen molar-refractivity contribution in [2.24, 2.45) is 0 Å². The van der Waals surface area contributed by atoms with Gasteiger partial charge < -0.3 is 4.74 Å². The van der Waals surface area contributed by atoms with Crippen LogP contribution in [0.5, 0.6) is 0 Å². The van der Waals surface area contributed by atoms with Crippen LogP contribution in [0.4, 0.5) is 0 Å². The third-order valence-corrected chi connectivity index (χ3v) is 5.55. The first kappa shape index (κ1) is 21.4. The minimum Gasteiger partial charge on any atom is -0.448 e. The lowest BCUT2D eigenvalue weighted by molar-refractivity contribution is 0.0245. The van der Waals surface area contributed by atoms with E-state index in [0.29, 0.717) is 16.6 Å². The second kappa shape index (κ2) is 9.56. The van der Waals surface area contributed by atoms with Gasteiger partial charge in [0, 0.05) is 5.56 Å². The lowest BCUT2D eigenvalue weighted by Gasteiger charge is -2.18. The number of hydrogen-bond acceptors (Lipinski definition) is 5. The van der Waals surface area contributed by atoms with E-state index in [0.717, 1.165) is 29.5 Å². The Morgan fingerprint density at radius 1 is 0.844 bits per heavy atom. The average molecular weight is 428 g/mol. The quantitative estimate of drug-likeness (QED) is 0.302. The molecule has 0 saturated carbocycles. The molecule has 0 N–H and O–H groups in total. The van der Waals surface area contributed by atoms with Crippen molar-refractivity contribution in [2.75, 3.05) is 0 Å². The van der Waals surface area contributed by atoms with E-state index in [1.807, 2.05) is 55.5 Å². The summed E-state index contributed by atoms with van der Waals surface area (Å²) in [7, 11) is 0. The maximum Gasteiger partial charge on any atom is 0.338 e. The summed E-state index contributed by atoms with van der Waals surface area (Å²) in [6.45, 7) is 4.18. The Kier molecular flexibility index (Phi) is 6.40. The zero-order chi connectivity index (χ0) is 22.5. The van der Waals surface area contributed by atoms with Gasteiger partial charge in [-0.05, 0) is 48.2 Å². The van der Waals surface area contributed by atoms with Crippen LogP contribution in [0.3, 0.4) is 0 Å². The molecular weight excluding hydrogens is 402 g/mol. The number of para-hydroxylation sites is 1. The Morgan fingerprint density at radius 3 is 2.06 bits per heavy atom. The Labute approximate surface area is 186 Å². The molecular formula is C26H25N3O3. The highest BCUT2D eigenvalue weighted by Gasteiger charge is 2.27. The van der Waals surface area contributed by atoms with Crippen LogP contribution in [0.1, 0.15) is 45.7 Å². The molecule has 1 unspecified atom stereocenters. The number of aromatic nitrogens is 3. The fraction of sp³-hybridized carbons (Fsp3) is 0.231. The summed E-state index contributed by atoms with van der Waals surface area (Å²) in [6, 6.07) is 22.1. The maximum atomic E-state index is 13.3. The summed E-state index contributed by atoms with van der Waals surface area (Å²) >= 11 is 0. The fourth-order valence-corrected chi connectivity index (χ4v) is 3.55. The highest BCUT2D eigenvalue weighted by atomic mass is 16.5. The van der Waals surface area contributed by atoms with Crippen LogP contribution in [0.25, 0.3) is 11.0 Å². The molecule has 162 valence electrons. The van der Waals surface area contributed by atoms with Crippen LogP contribution in [0.2, 0.25) is 0 Å². The summed E-state index contributed by atoms with van der Waals surface area (Å²) in [6.07, 6.45) is 0.723. The summed E-state index contributed by atoms with van der Waals surface area (Å²) in [4.78, 5) is 26.2. The van der Waals surface area contributed by atoms with Gasteiger partial charge in [-0.3, -0.25) is 4.79 Å². The molecule has 1 aromatic heterocycles. The van der Waals surface area contributed by atoms with E-state index in [1.165, 1.54) is 0 Å². The molecule has 0 aliphatic carbocycles. The number of benzene rings is 3. The molecule has 1 heterocycles. The van der Waals surface area contributed by atoms with Crippen molar-refractivity contribution >= 4 is 22.8 Å². The number of esters is 1. The number of fused-ring (bicyclic) bond motifs is 1. The molecule has 4 rings (SSSR count). The Balaban J connectivity index is 1.63. The largest absolute Gasteiger partial charge is 0.448 e. The van der Waals surface area contributed by atoms with Crippen LogP contribution >= 0.6 is 0 Å². The normalized spacial score (nSPS) is 11.9. The average Bonchev–Trinajstić information content (AvgIpc) is 3.26. The lowest BCUT2D eigenvalue weighted by Crippen LogP contribution is -2.32. The predicted octanol–water partition coefficient (Wildman–Crippen LogP) is 4.66. The number of ether oxygens (including phenoxy) is 1. The van der Waals surface area contributed by atoms with Gasteiger partial charge in [0.2, 0.25) is 5.78 Å². The molecule has 0 radical (unpaired) electrons. The number of carbonyl (C=O) groups is 2. The van der Waals surface area contributed by atoms with Crippen molar-refractivity contribution in [3.63, 3.8) is 0 Å². The zero-order valence-electron chi connectivity index (χ0n) is 18.2. The molecule has 0 aliphatic rings. The van der Waals surface area contributed by atoms with Crippen molar-refractivity contribution in [1.29, 1.82) is 0 Å². The minimum absolute atomic E-state index is 0.0770. The number of ketones is 1. The lowest BCUT2D eigenvalue weighted by atomic mass is 10.0. The third-order valence-electron chi connectivity index (χ3n) is 5.55. The van der Waals surface area contributed by atoms with Crippen molar-refractivity contribution in [1.82, 2.24) is 15.0 Å². The first-order chi connectivity index (χ1) is 15.6. The highest BCUT2D eigenvalue weighted by Crippen LogP contribution is 2.17. The van der Waals surface area contributed by atoms with Crippen LogP contribution in [0, 0.1) is 0 Å². The number of Topliss-reactive ketones (excluding diaryl/α,β-unsaturated/α-hetero) is 1. The Hall–Kier alpha value is -3.80. The first-order valence-corrected chi connectivity index (χ1v) is 10.8. The van der Waals surface area contributed by atoms with Gasteiger partial charge >= 0.3 is 5.97 Å². The summed E-state index contributed by atoms with van der Waals surface area (Å²) in [5.41, 5.74) is 4.64. The Morgan fingerprint density at radius 2 is 1.44 bits per heavy atom. The van der Waals surface area contributed by atoms with Crippen molar-refractivity contribution in [3.8, 4) is 0 Å². The van der Waals surface area contributed by atoms with Crippen LogP contribution in [-0.4, -0.2) is 32.9 Å². The minimum atomic E-state index is -1.04. The number of hydrogen-bond donors (Lipinski definition) is 0. The monoisotopic (exact) mass is 427 g/mol. The molecule has 6 nitrogen and oxygen atoms in total. The summed E-state index contributed by atoms with van der Waals surface area (Å²) in [5.74, 6) is -0.814. The molecule has 6 heteroatoms. The summed E-state index contributed by atoms with van der Waals surface area (Å²) < 4.78 is 7.33. The molecule has 0 fully saturated rings. The van der Waals surface area contributed by atoms with E-state index in [1.54, 1.807) is 28.9 Å². The fourth-order valence-electron chi connectivity index (χ4n) is 3.55. The number of carbonyl (C=O) groups excluding carboxylic acids is 2. The molecule has 0 saturated heterocycles. The molecule has 1 atom stereocenters. The van der Waals surface area contributed by atoms with Crippen LogP contribution < -0.4 is 0 Å². The standard InChI is InChI=1S/C26H25N3O3/c1-3-18-9-13-20(14-10-18)25(30)24(17-29-23-8-6-5-7-22(23)27-28-29)32-26(31)21-15-11-19(4-2)12-16-21/h5-16,24H,3-4,17H2,1-2H3. The van der Waals surface area contributed by atoms with Crippen molar-refractivity contribution in [3.05, 3.63) is 95.1 Å². The molecule has 4 aromatic rings. The number of aryl methyl sites for hydroxylation is 2. The van der Waals surface area contributed by atoms with Gasteiger partial charge in [-0.1, -0.05) is 67.6 Å². The highest BCUT2D eigenvalue weighted by molar-refractivity contribution is 6.01. The molecule has 3 aromatic carbocycles. The topological polar surface area (TPSA) is 74.1 Å². The smallest absolute Gasteiger partial charge is 0.338 e. The van der Waals surface area contributed by atoms with Crippen LogP contribution in [0.15, 0.2) is 72.8 Å². The van der Waals surface area contributed by atoms with Crippen molar-refractivity contribution in [2.45, 2.75) is 39.3 Å². The van der Waals surface area contributed by atoms with E-state index in [-0.39, 0.29) is 12.3 Å². The Bertz CT molecular complexity index is 1230. The van der Waals surface area contributed by atoms with Gasteiger partial charge in [-0.2, -0.15) is 0 Å². The number of rotatable bonds is 8. The maximum absolute atomic E-state index is 13.3. The zero-order valence-corrected chi connectivity index (χ0v) is 18.2. The predicted molar refractivity (Wildman–Crippen MR) is 123 cm³/mol. The van der Waals surface area contributed by atoms with Crippen molar-refractivity contribution < 1.29 is 14.3 Å². The molecule has 0 spiro atoms. The SMILES string of the molecule is CCc1ccc(C(=O)OC(Cn2nnc3ccccc32)C(=O)c2ccc(CC)cc2)cc1. The first-order valence-electron chi connectivity index (χ1n) is 10.8. The van der Waals surface area contributed by atoms with Gasteiger partial charge in [-0.25, -0.2) is 9.48 Å². The van der Waals surface area contributed by atoms with E-state index in [2.05, 4.69) is 17.2 Å². The van der Waals surface area contributed by atoms with Gasteiger partial charge in [0.05, 0.1) is 17.6 Å². The molecule has 0 aliphatic heterocycles. The second-order valence-electron chi connectivity index (χ2n) is 7.62. The van der Waals surface area contributed by atoms with E-state index in [9.17, 15) is 9.59 Å². The van der Waals surface area contributed by atoms with Crippen LogP contribution in [-0.2, 0) is 24.1 Å². The van der Waals surface area contributed by atoms with E-state index in [4.69, 9.17) is 4.74 Å². The van der Waals surface area contributed by atoms with E-state index < -0.39 is 12.1 Å². The number of nitrogens with zero attached hydrogens (tertiary/aromatic N) is 3. The molecule has 0 amide bonds. The van der Waals surface area contributed by atoms with Gasteiger partial charge in [0.25, 0.3) is 0 Å². The third kappa shape index (κ3) is 4.59. The second-order valence-corrected chi connectivity index (χ2v) is 7.62.